The molecule has 3 rings (SSSR count). The maximum atomic E-state index is 12.4. The second-order valence-corrected chi connectivity index (χ2v) is 8.25. The molecule has 1 amide bonds. The van der Waals surface area contributed by atoms with Gasteiger partial charge in [-0.05, 0) is 43.6 Å². The number of carbonyl (C=O) groups excluding carboxylic acids is 1. The number of amides is 1. The minimum atomic E-state index is -0.292. The highest BCUT2D eigenvalue weighted by molar-refractivity contribution is 7.80. The van der Waals surface area contributed by atoms with Crippen molar-refractivity contribution in [2.24, 2.45) is 0 Å². The standard InChI is InChI=1S/C20H27N5OS/c1-20(2,23-11-18(26)25-10-6-9-17(25)21-3)14-22-19(27)24-12-15-7-4-5-8-16(15)13-24/h4-5,7-8,17,23H,6,9-14H2,1-2H3,(H,22,27)/t17-/m0/s1. The second-order valence-electron chi connectivity index (χ2n) is 7.86. The van der Waals surface area contributed by atoms with E-state index < -0.39 is 0 Å². The smallest absolute Gasteiger partial charge is 0.300 e. The van der Waals surface area contributed by atoms with Crippen LogP contribution in [0.5, 0.6) is 0 Å². The van der Waals surface area contributed by atoms with Crippen LogP contribution < -0.4 is 10.6 Å². The largest absolute Gasteiger partial charge is 0.361 e. The summed E-state index contributed by atoms with van der Waals surface area (Å²) in [6, 6.07) is 8.40. The average Bonchev–Trinajstić information content (AvgIpc) is 3.30. The van der Waals surface area contributed by atoms with Gasteiger partial charge in [-0.1, -0.05) is 24.3 Å². The van der Waals surface area contributed by atoms with Crippen molar-refractivity contribution < 1.29 is 4.79 Å². The van der Waals surface area contributed by atoms with Crippen LogP contribution in [0.25, 0.3) is 4.85 Å². The van der Waals surface area contributed by atoms with Gasteiger partial charge in [-0.25, -0.2) is 6.57 Å². The van der Waals surface area contributed by atoms with Gasteiger partial charge >= 0.3 is 6.17 Å². The van der Waals surface area contributed by atoms with E-state index in [1.165, 1.54) is 11.1 Å². The van der Waals surface area contributed by atoms with Gasteiger partial charge in [0.2, 0.25) is 5.91 Å². The van der Waals surface area contributed by atoms with Crippen LogP contribution in [0.3, 0.4) is 0 Å². The van der Waals surface area contributed by atoms with Crippen LogP contribution in [-0.4, -0.2) is 52.2 Å². The lowest BCUT2D eigenvalue weighted by molar-refractivity contribution is -0.130. The fraction of sp³-hybridized carbons (Fsp3) is 0.550. The van der Waals surface area contributed by atoms with Crippen molar-refractivity contribution in [1.82, 2.24) is 20.4 Å². The van der Waals surface area contributed by atoms with Crippen molar-refractivity contribution >= 4 is 23.2 Å². The molecule has 1 fully saturated rings. The van der Waals surface area contributed by atoms with E-state index in [2.05, 4.69) is 44.6 Å². The Morgan fingerprint density at radius 3 is 2.63 bits per heavy atom. The number of hydrogen-bond donors (Lipinski definition) is 2. The molecule has 0 spiro atoms. The molecule has 0 saturated carbocycles. The number of benzene rings is 1. The first-order chi connectivity index (χ1) is 12.9. The minimum Gasteiger partial charge on any atom is -0.361 e. The Labute approximate surface area is 166 Å². The predicted octanol–water partition coefficient (Wildman–Crippen LogP) is 2.11. The molecule has 2 aliphatic heterocycles. The maximum absolute atomic E-state index is 12.4. The summed E-state index contributed by atoms with van der Waals surface area (Å²) in [6.45, 7) is 14.5. The highest BCUT2D eigenvalue weighted by Gasteiger charge is 2.33. The number of carbonyl (C=O) groups is 1. The Bertz CT molecular complexity index is 732. The first-order valence-corrected chi connectivity index (χ1v) is 9.81. The Balaban J connectivity index is 1.44. The van der Waals surface area contributed by atoms with Gasteiger partial charge in [-0.15, -0.1) is 0 Å². The lowest BCUT2D eigenvalue weighted by atomic mass is 10.1. The SMILES string of the molecule is [C-]#[N+][C@@H]1CCCN1C(=O)CNC(C)(C)CNC(=S)N1Cc2ccccc2C1. The van der Waals surface area contributed by atoms with E-state index in [-0.39, 0.29) is 24.2 Å². The van der Waals surface area contributed by atoms with Crippen LogP contribution >= 0.6 is 12.2 Å². The van der Waals surface area contributed by atoms with E-state index in [9.17, 15) is 4.79 Å². The van der Waals surface area contributed by atoms with E-state index in [1.54, 1.807) is 4.90 Å². The van der Waals surface area contributed by atoms with Crippen molar-refractivity contribution in [2.45, 2.75) is 51.5 Å². The zero-order valence-electron chi connectivity index (χ0n) is 16.0. The number of rotatable bonds is 5. The van der Waals surface area contributed by atoms with Gasteiger partial charge in [0.25, 0.3) is 0 Å². The van der Waals surface area contributed by atoms with Crippen molar-refractivity contribution in [2.75, 3.05) is 19.6 Å². The Morgan fingerprint density at radius 1 is 1.33 bits per heavy atom. The third-order valence-corrected chi connectivity index (χ3v) is 5.62. The quantitative estimate of drug-likeness (QED) is 0.601. The van der Waals surface area contributed by atoms with Gasteiger partial charge in [0, 0.05) is 38.1 Å². The molecule has 27 heavy (non-hydrogen) atoms. The Kier molecular flexibility index (Phi) is 5.98. The molecule has 2 aliphatic rings. The molecule has 144 valence electrons. The lowest BCUT2D eigenvalue weighted by Crippen LogP contribution is -2.53. The van der Waals surface area contributed by atoms with E-state index in [4.69, 9.17) is 18.8 Å². The summed E-state index contributed by atoms with van der Waals surface area (Å²) in [5, 5.41) is 7.38. The zero-order chi connectivity index (χ0) is 19.4. The van der Waals surface area contributed by atoms with E-state index in [0.717, 1.165) is 31.0 Å². The molecule has 7 heteroatoms. The molecule has 1 saturated heterocycles. The van der Waals surface area contributed by atoms with E-state index in [0.29, 0.717) is 13.1 Å². The Morgan fingerprint density at radius 2 is 2.00 bits per heavy atom. The van der Waals surface area contributed by atoms with Gasteiger partial charge in [-0.3, -0.25) is 14.5 Å². The third-order valence-electron chi connectivity index (χ3n) is 5.22. The van der Waals surface area contributed by atoms with Crippen LogP contribution in [0.1, 0.15) is 37.8 Å². The van der Waals surface area contributed by atoms with Gasteiger partial charge in [0.05, 0.1) is 6.54 Å². The van der Waals surface area contributed by atoms with Gasteiger partial charge in [-0.2, -0.15) is 0 Å². The number of nitrogens with zero attached hydrogens (tertiary/aromatic N) is 3. The van der Waals surface area contributed by atoms with Crippen LogP contribution in [0, 0.1) is 6.57 Å². The summed E-state index contributed by atoms with van der Waals surface area (Å²) in [5.41, 5.74) is 2.36. The molecule has 1 atom stereocenters. The van der Waals surface area contributed by atoms with E-state index in [1.807, 2.05) is 13.8 Å². The number of thiocarbonyl (C=S) groups is 1. The molecule has 6 nitrogen and oxygen atoms in total. The highest BCUT2D eigenvalue weighted by Crippen LogP contribution is 2.22. The molecule has 0 bridgehead atoms. The van der Waals surface area contributed by atoms with Crippen LogP contribution in [0.2, 0.25) is 0 Å². The fourth-order valence-electron chi connectivity index (χ4n) is 3.54. The molecule has 0 unspecified atom stereocenters. The summed E-state index contributed by atoms with van der Waals surface area (Å²) in [4.78, 5) is 19.8. The zero-order valence-corrected chi connectivity index (χ0v) is 16.8. The van der Waals surface area contributed by atoms with Crippen molar-refractivity contribution in [3.63, 3.8) is 0 Å². The van der Waals surface area contributed by atoms with Gasteiger partial charge in [0.15, 0.2) is 5.11 Å². The molecular formula is C20H27N5OS. The summed E-state index contributed by atoms with van der Waals surface area (Å²) < 4.78 is 0. The summed E-state index contributed by atoms with van der Waals surface area (Å²) in [6.07, 6.45) is 1.41. The molecule has 0 aromatic heterocycles. The molecule has 0 radical (unpaired) electrons. The second kappa shape index (κ2) is 8.24. The van der Waals surface area contributed by atoms with Gasteiger partial charge < -0.3 is 15.5 Å². The minimum absolute atomic E-state index is 0.000793. The molecule has 2 N–H and O–H groups in total. The summed E-state index contributed by atoms with van der Waals surface area (Å²) >= 11 is 5.56. The van der Waals surface area contributed by atoms with Crippen LogP contribution in [-0.2, 0) is 17.9 Å². The first kappa shape index (κ1) is 19.6. The molecule has 2 heterocycles. The topological polar surface area (TPSA) is 52.0 Å². The lowest BCUT2D eigenvalue weighted by Gasteiger charge is -2.30. The normalized spacial score (nSPS) is 18.9. The van der Waals surface area contributed by atoms with Crippen molar-refractivity contribution in [3.8, 4) is 0 Å². The average molecular weight is 386 g/mol. The fourth-order valence-corrected chi connectivity index (χ4v) is 3.74. The Hall–Kier alpha value is -2.17. The first-order valence-electron chi connectivity index (χ1n) is 9.40. The van der Waals surface area contributed by atoms with Crippen molar-refractivity contribution in [1.29, 1.82) is 0 Å². The monoisotopic (exact) mass is 385 g/mol. The molecule has 0 aliphatic carbocycles. The number of likely N-dealkylation sites (tertiary alicyclic amines) is 1. The number of hydrogen-bond acceptors (Lipinski definition) is 3. The van der Waals surface area contributed by atoms with E-state index >= 15 is 0 Å². The predicted molar refractivity (Wildman–Crippen MR) is 110 cm³/mol. The van der Waals surface area contributed by atoms with Crippen molar-refractivity contribution in [3.05, 3.63) is 46.8 Å². The highest BCUT2D eigenvalue weighted by atomic mass is 32.1. The summed E-state index contributed by atoms with van der Waals surface area (Å²) in [7, 11) is 0. The summed E-state index contributed by atoms with van der Waals surface area (Å²) in [5.74, 6) is -0.000793. The third kappa shape index (κ3) is 4.76. The number of nitrogens with one attached hydrogen (secondary N) is 2. The molecule has 1 aromatic rings. The van der Waals surface area contributed by atoms with Crippen LogP contribution in [0.15, 0.2) is 24.3 Å². The molecule has 1 aromatic carbocycles. The van der Waals surface area contributed by atoms with Crippen LogP contribution in [0.4, 0.5) is 0 Å². The van der Waals surface area contributed by atoms with Gasteiger partial charge in [0.1, 0.15) is 0 Å². The number of fused-ring (bicyclic) bond motifs is 1. The molecular weight excluding hydrogens is 358 g/mol. The maximum Gasteiger partial charge on any atom is 0.300 e.